The van der Waals surface area contributed by atoms with Gasteiger partial charge in [-0.15, -0.1) is 12.4 Å². The number of benzene rings is 2. The molecule has 2 rings (SSSR count). The highest BCUT2D eigenvalue weighted by molar-refractivity contribution is 5.95. The van der Waals surface area contributed by atoms with Crippen molar-refractivity contribution in [3.8, 4) is 5.75 Å². The molecule has 0 aliphatic rings. The molecule has 0 spiro atoms. The van der Waals surface area contributed by atoms with Crippen LogP contribution in [0.2, 0.25) is 0 Å². The van der Waals surface area contributed by atoms with Gasteiger partial charge in [0.15, 0.2) is 6.04 Å². The molecule has 0 amide bonds. The smallest absolute Gasteiger partial charge is 0.333 e. The Labute approximate surface area is 189 Å². The second-order valence-electron chi connectivity index (χ2n) is 6.55. The second kappa shape index (κ2) is 12.6. The van der Waals surface area contributed by atoms with Crippen LogP contribution >= 0.6 is 12.4 Å². The number of nitrogens with two attached hydrogens (primary N) is 1. The third-order valence-electron chi connectivity index (χ3n) is 4.51. The molecule has 5 N–H and O–H groups in total. The number of carbonyl (C=O) groups excluding carboxylic acids is 1. The van der Waals surface area contributed by atoms with E-state index < -0.39 is 12.0 Å². The molecule has 7 nitrogen and oxygen atoms in total. The van der Waals surface area contributed by atoms with Crippen molar-refractivity contribution in [2.24, 2.45) is 5.73 Å². The van der Waals surface area contributed by atoms with E-state index in [0.29, 0.717) is 29.0 Å². The minimum Gasteiger partial charge on any atom is -0.491 e. The van der Waals surface area contributed by atoms with E-state index in [-0.39, 0.29) is 38.1 Å². The summed E-state index contributed by atoms with van der Waals surface area (Å²) in [5, 5.41) is 20.0. The third kappa shape index (κ3) is 6.73. The summed E-state index contributed by atoms with van der Waals surface area (Å²) in [6, 6.07) is 9.84. The van der Waals surface area contributed by atoms with Gasteiger partial charge in [0.25, 0.3) is 0 Å². The van der Waals surface area contributed by atoms with Gasteiger partial charge in [-0.2, -0.15) is 0 Å². The largest absolute Gasteiger partial charge is 0.491 e. The van der Waals surface area contributed by atoms with Gasteiger partial charge in [-0.1, -0.05) is 19.6 Å². The van der Waals surface area contributed by atoms with Gasteiger partial charge < -0.3 is 25.6 Å². The highest BCUT2D eigenvalue weighted by Crippen LogP contribution is 2.34. The first-order chi connectivity index (χ1) is 14.4. The van der Waals surface area contributed by atoms with E-state index in [4.69, 9.17) is 20.6 Å². The number of aliphatic hydroxyl groups is 1. The molecule has 0 heterocycles. The Morgan fingerprint density at radius 3 is 2.48 bits per heavy atom. The maximum atomic E-state index is 12.9. The average Bonchev–Trinajstić information content (AvgIpc) is 2.75. The summed E-state index contributed by atoms with van der Waals surface area (Å²) in [5.74, 6) is 0.0581. The van der Waals surface area contributed by atoms with E-state index in [0.717, 1.165) is 11.1 Å². The third-order valence-corrected chi connectivity index (χ3v) is 4.51. The molecular weight excluding hydrogens is 418 g/mol. The van der Waals surface area contributed by atoms with Gasteiger partial charge >= 0.3 is 5.97 Å². The topological polar surface area (TPSA) is 118 Å². The van der Waals surface area contributed by atoms with Gasteiger partial charge in [0, 0.05) is 16.8 Å². The predicted molar refractivity (Wildman–Crippen MR) is 126 cm³/mol. The maximum Gasteiger partial charge on any atom is 0.333 e. The van der Waals surface area contributed by atoms with E-state index in [9.17, 15) is 9.90 Å². The number of aryl methyl sites for hydroxylation is 1. The molecule has 0 saturated carbocycles. The fraction of sp³-hybridized carbons (Fsp3) is 0.304. The number of esters is 1. The molecule has 0 fully saturated rings. The SMILES string of the molecule is C=Cc1cc(CC)c(OCCO)c(C(Nc2ccc(C(=N)N)cc2)C(=O)OCC)c1.Cl. The van der Waals surface area contributed by atoms with Gasteiger partial charge in [0.1, 0.15) is 18.2 Å². The lowest BCUT2D eigenvalue weighted by Gasteiger charge is -2.24. The molecule has 2 aromatic carbocycles. The summed E-state index contributed by atoms with van der Waals surface area (Å²) < 4.78 is 11.1. The zero-order valence-corrected chi connectivity index (χ0v) is 18.6. The van der Waals surface area contributed by atoms with Crippen molar-refractivity contribution >= 4 is 36.0 Å². The molecule has 31 heavy (non-hydrogen) atoms. The maximum absolute atomic E-state index is 12.9. The van der Waals surface area contributed by atoms with Gasteiger partial charge in [0.2, 0.25) is 0 Å². The highest BCUT2D eigenvalue weighted by atomic mass is 35.5. The molecule has 0 saturated heterocycles. The average molecular weight is 448 g/mol. The van der Waals surface area contributed by atoms with Crippen molar-refractivity contribution in [3.05, 3.63) is 65.2 Å². The summed E-state index contributed by atoms with van der Waals surface area (Å²) >= 11 is 0. The van der Waals surface area contributed by atoms with Crippen LogP contribution in [0.25, 0.3) is 6.08 Å². The van der Waals surface area contributed by atoms with Crippen LogP contribution in [-0.2, 0) is 16.0 Å². The van der Waals surface area contributed by atoms with E-state index in [1.54, 1.807) is 37.3 Å². The van der Waals surface area contributed by atoms with Crippen LogP contribution in [0.15, 0.2) is 43.0 Å². The molecular formula is C23H30ClN3O4. The van der Waals surface area contributed by atoms with Crippen molar-refractivity contribution in [1.29, 1.82) is 5.41 Å². The van der Waals surface area contributed by atoms with Crippen LogP contribution in [-0.4, -0.2) is 36.7 Å². The molecule has 2 aromatic rings. The van der Waals surface area contributed by atoms with E-state index in [1.165, 1.54) is 0 Å². The number of aliphatic hydroxyl groups excluding tert-OH is 1. The van der Waals surface area contributed by atoms with Crippen LogP contribution in [0.3, 0.4) is 0 Å². The fourth-order valence-electron chi connectivity index (χ4n) is 3.06. The van der Waals surface area contributed by atoms with Crippen molar-refractivity contribution in [2.45, 2.75) is 26.3 Å². The minimum atomic E-state index is -0.841. The number of carbonyl (C=O) groups is 1. The van der Waals surface area contributed by atoms with E-state index in [1.807, 2.05) is 19.1 Å². The molecule has 8 heteroatoms. The molecule has 1 atom stereocenters. The first-order valence-electron chi connectivity index (χ1n) is 9.85. The number of rotatable bonds is 11. The number of halogens is 1. The number of nitrogens with one attached hydrogen (secondary N) is 2. The predicted octanol–water partition coefficient (Wildman–Crippen LogP) is 3.69. The second-order valence-corrected chi connectivity index (χ2v) is 6.55. The normalized spacial score (nSPS) is 11.1. The van der Waals surface area contributed by atoms with Crippen LogP contribution in [0, 0.1) is 5.41 Å². The van der Waals surface area contributed by atoms with Crippen LogP contribution < -0.4 is 15.8 Å². The number of anilines is 1. The quantitative estimate of drug-likeness (QED) is 0.237. The lowest BCUT2D eigenvalue weighted by atomic mass is 9.96. The summed E-state index contributed by atoms with van der Waals surface area (Å²) in [7, 11) is 0. The van der Waals surface area contributed by atoms with E-state index >= 15 is 0 Å². The lowest BCUT2D eigenvalue weighted by molar-refractivity contribution is -0.144. The highest BCUT2D eigenvalue weighted by Gasteiger charge is 2.27. The molecule has 0 aliphatic heterocycles. The zero-order valence-electron chi connectivity index (χ0n) is 17.8. The number of hydrogen-bond donors (Lipinski definition) is 4. The molecule has 0 bridgehead atoms. The Balaban J connectivity index is 0.00000480. The zero-order chi connectivity index (χ0) is 22.1. The first kappa shape index (κ1) is 26.0. The molecule has 0 aliphatic carbocycles. The van der Waals surface area contributed by atoms with Gasteiger partial charge in [-0.05, 0) is 60.9 Å². The Morgan fingerprint density at radius 1 is 1.29 bits per heavy atom. The van der Waals surface area contributed by atoms with Crippen molar-refractivity contribution in [3.63, 3.8) is 0 Å². The monoisotopic (exact) mass is 447 g/mol. The molecule has 1 unspecified atom stereocenters. The summed E-state index contributed by atoms with van der Waals surface area (Å²) in [6.45, 7) is 7.77. The Bertz CT molecular complexity index is 900. The Hall–Kier alpha value is -3.03. The summed E-state index contributed by atoms with van der Waals surface area (Å²) in [6.07, 6.45) is 2.39. The molecule has 0 radical (unpaired) electrons. The fourth-order valence-corrected chi connectivity index (χ4v) is 3.06. The van der Waals surface area contributed by atoms with Crippen LogP contribution in [0.4, 0.5) is 5.69 Å². The van der Waals surface area contributed by atoms with Crippen LogP contribution in [0.1, 0.15) is 42.1 Å². The van der Waals surface area contributed by atoms with E-state index in [2.05, 4.69) is 11.9 Å². The number of hydrogen-bond acceptors (Lipinski definition) is 6. The summed E-state index contributed by atoms with van der Waals surface area (Å²) in [4.78, 5) is 12.9. The lowest BCUT2D eigenvalue weighted by Crippen LogP contribution is -2.25. The van der Waals surface area contributed by atoms with Crippen molar-refractivity contribution < 1.29 is 19.4 Å². The standard InChI is InChI=1S/C23H29N3O4.ClH/c1-4-15-13-16(5-2)21(30-12-11-27)19(14-15)20(23(28)29-6-3)26-18-9-7-17(8-10-18)22(24)25;/h4,7-10,13-14,20,26-27H,1,5-6,11-12H2,2-3H3,(H3,24,25);1H. The number of nitrogen functional groups attached to an aromatic ring is 1. The molecule has 168 valence electrons. The van der Waals surface area contributed by atoms with Gasteiger partial charge in [0.05, 0.1) is 13.2 Å². The number of ether oxygens (including phenoxy) is 2. The Morgan fingerprint density at radius 2 is 1.97 bits per heavy atom. The summed E-state index contributed by atoms with van der Waals surface area (Å²) in [5.41, 5.74) is 9.12. The number of amidine groups is 1. The molecule has 0 aromatic heterocycles. The van der Waals surface area contributed by atoms with Crippen LogP contribution in [0.5, 0.6) is 5.75 Å². The van der Waals surface area contributed by atoms with Crippen molar-refractivity contribution in [2.75, 3.05) is 25.1 Å². The minimum absolute atomic E-state index is 0. The first-order valence-corrected chi connectivity index (χ1v) is 9.85. The Kier molecular flexibility index (Phi) is 10.6. The van der Waals surface area contributed by atoms with Gasteiger partial charge in [-0.25, -0.2) is 4.79 Å². The van der Waals surface area contributed by atoms with Crippen molar-refractivity contribution in [1.82, 2.24) is 0 Å². The van der Waals surface area contributed by atoms with Gasteiger partial charge in [-0.3, -0.25) is 5.41 Å².